The lowest BCUT2D eigenvalue weighted by molar-refractivity contribution is -0.161. The SMILES string of the molecule is CCC/C=C\C/C=C\CCCCCCCC(=O)OC(CO)COP(=O)(O)OCC(COC(=O)CCCCCCCCCCCCCCCCCCC)OC(=O)CCCCCCC/C=C\CCCCCCCC. The molecule has 0 saturated carbocycles. The molecule has 0 rings (SSSR count). The summed E-state index contributed by atoms with van der Waals surface area (Å²) in [5.74, 6) is -1.47. The van der Waals surface area contributed by atoms with Crippen molar-refractivity contribution in [3.05, 3.63) is 36.5 Å². The van der Waals surface area contributed by atoms with E-state index in [2.05, 4.69) is 57.2 Å². The maximum Gasteiger partial charge on any atom is 0.472 e. The Morgan fingerprint density at radius 2 is 0.708 bits per heavy atom. The number of aliphatic hydroxyl groups is 1. The zero-order valence-electron chi connectivity index (χ0n) is 46.7. The van der Waals surface area contributed by atoms with Crippen molar-refractivity contribution >= 4 is 25.7 Å². The number of unbranched alkanes of at least 4 members (excludes halogenated alkanes) is 33. The second kappa shape index (κ2) is 54.9. The number of phosphoric ester groups is 1. The van der Waals surface area contributed by atoms with Gasteiger partial charge in [-0.3, -0.25) is 23.4 Å². The van der Waals surface area contributed by atoms with E-state index in [1.807, 2.05) is 0 Å². The second-order valence-corrected chi connectivity index (χ2v) is 21.6. The summed E-state index contributed by atoms with van der Waals surface area (Å²) >= 11 is 0. The first kappa shape index (κ1) is 69.7. The van der Waals surface area contributed by atoms with Crippen LogP contribution in [0.1, 0.15) is 290 Å². The highest BCUT2D eigenvalue weighted by Gasteiger charge is 2.28. The summed E-state index contributed by atoms with van der Waals surface area (Å²) in [6, 6.07) is 0. The zero-order valence-corrected chi connectivity index (χ0v) is 47.6. The van der Waals surface area contributed by atoms with E-state index in [1.54, 1.807) is 0 Å². The molecule has 0 aliphatic carbocycles. The fourth-order valence-electron chi connectivity index (χ4n) is 8.45. The average molecular weight is 1040 g/mol. The van der Waals surface area contributed by atoms with Gasteiger partial charge in [0.15, 0.2) is 6.10 Å². The highest BCUT2D eigenvalue weighted by molar-refractivity contribution is 7.47. The Morgan fingerprint density at radius 3 is 1.10 bits per heavy atom. The van der Waals surface area contributed by atoms with Crippen molar-refractivity contribution < 1.29 is 52.2 Å². The minimum Gasteiger partial charge on any atom is -0.462 e. The van der Waals surface area contributed by atoms with Gasteiger partial charge in [0.05, 0.1) is 19.8 Å². The van der Waals surface area contributed by atoms with Gasteiger partial charge in [0.1, 0.15) is 12.7 Å². The number of esters is 3. The van der Waals surface area contributed by atoms with Crippen LogP contribution in [0.5, 0.6) is 0 Å². The number of carbonyl (C=O) groups excluding carboxylic acids is 3. The normalized spacial score (nSPS) is 13.6. The van der Waals surface area contributed by atoms with Gasteiger partial charge in [0, 0.05) is 19.3 Å². The number of hydrogen-bond acceptors (Lipinski definition) is 10. The number of rotatable bonds is 56. The maximum absolute atomic E-state index is 12.9. The van der Waals surface area contributed by atoms with Gasteiger partial charge in [-0.15, -0.1) is 0 Å². The van der Waals surface area contributed by atoms with Crippen molar-refractivity contribution in [2.24, 2.45) is 0 Å². The average Bonchev–Trinajstić information content (AvgIpc) is 3.37. The fourth-order valence-corrected chi connectivity index (χ4v) is 9.23. The van der Waals surface area contributed by atoms with Crippen molar-refractivity contribution in [3.63, 3.8) is 0 Å². The lowest BCUT2D eigenvalue weighted by Gasteiger charge is -2.21. The predicted octanol–water partition coefficient (Wildman–Crippen LogP) is 17.6. The Morgan fingerprint density at radius 1 is 0.389 bits per heavy atom. The third kappa shape index (κ3) is 52.6. The van der Waals surface area contributed by atoms with Crippen LogP contribution >= 0.6 is 7.82 Å². The van der Waals surface area contributed by atoms with Crippen LogP contribution in [0, 0.1) is 0 Å². The molecule has 3 atom stereocenters. The molecule has 0 aliphatic rings. The first-order chi connectivity index (χ1) is 35.2. The minimum atomic E-state index is -4.75. The Kier molecular flexibility index (Phi) is 53.2. The number of aliphatic hydroxyl groups excluding tert-OH is 1. The second-order valence-electron chi connectivity index (χ2n) is 20.2. The Hall–Kier alpha value is -2.30. The van der Waals surface area contributed by atoms with Crippen molar-refractivity contribution in [3.8, 4) is 0 Å². The monoisotopic (exact) mass is 1040 g/mol. The lowest BCUT2D eigenvalue weighted by Crippen LogP contribution is -2.30. The van der Waals surface area contributed by atoms with Gasteiger partial charge < -0.3 is 24.2 Å². The summed E-state index contributed by atoms with van der Waals surface area (Å²) in [6.07, 6.45) is 56.7. The van der Waals surface area contributed by atoms with Crippen LogP contribution in [-0.2, 0) is 42.2 Å². The van der Waals surface area contributed by atoms with Gasteiger partial charge in [-0.2, -0.15) is 0 Å². The predicted molar refractivity (Wildman–Crippen MR) is 298 cm³/mol. The molecule has 0 spiro atoms. The third-order valence-electron chi connectivity index (χ3n) is 13.0. The van der Waals surface area contributed by atoms with Gasteiger partial charge in [-0.05, 0) is 70.6 Å². The van der Waals surface area contributed by atoms with E-state index in [-0.39, 0.29) is 25.9 Å². The minimum absolute atomic E-state index is 0.160. The molecule has 0 aromatic carbocycles. The molecule has 12 heteroatoms. The molecule has 72 heavy (non-hydrogen) atoms. The molecule has 0 bridgehead atoms. The van der Waals surface area contributed by atoms with Crippen LogP contribution < -0.4 is 0 Å². The van der Waals surface area contributed by atoms with Crippen LogP contribution in [-0.4, -0.2) is 66.5 Å². The zero-order chi connectivity index (χ0) is 52.7. The van der Waals surface area contributed by atoms with Crippen LogP contribution in [0.3, 0.4) is 0 Å². The Bertz CT molecular complexity index is 1350. The first-order valence-electron chi connectivity index (χ1n) is 29.9. The van der Waals surface area contributed by atoms with E-state index in [0.29, 0.717) is 19.3 Å². The van der Waals surface area contributed by atoms with Crippen molar-refractivity contribution in [2.75, 3.05) is 26.4 Å². The summed E-state index contributed by atoms with van der Waals surface area (Å²) in [4.78, 5) is 48.5. The largest absolute Gasteiger partial charge is 0.472 e. The Balaban J connectivity index is 4.70. The van der Waals surface area contributed by atoms with E-state index in [1.165, 1.54) is 128 Å². The standard InChI is InChI=1S/C60H111O11P/c1-4-7-10-13-16-19-22-25-27-28-30-32-34-37-40-43-46-49-58(62)67-53-57(71-60(64)51-48-45-42-39-36-33-29-26-23-20-17-14-11-8-5-2)55-69-72(65,66)68-54-56(52-61)70-59(63)50-47-44-41-38-35-31-24-21-18-15-12-9-6-3/h12,15,21,24,26,29,56-57,61H,4-11,13-14,16-20,22-23,25,27-28,30-55H2,1-3H3,(H,65,66)/b15-12-,24-21-,29-26-. The van der Waals surface area contributed by atoms with Gasteiger partial charge in [-0.25, -0.2) is 4.57 Å². The van der Waals surface area contributed by atoms with Crippen LogP contribution in [0.25, 0.3) is 0 Å². The molecule has 3 unspecified atom stereocenters. The molecule has 0 fully saturated rings. The Labute approximate surface area is 441 Å². The molecule has 0 saturated heterocycles. The van der Waals surface area contributed by atoms with Gasteiger partial charge >= 0.3 is 25.7 Å². The van der Waals surface area contributed by atoms with Crippen LogP contribution in [0.4, 0.5) is 0 Å². The van der Waals surface area contributed by atoms with E-state index in [9.17, 15) is 28.9 Å². The molecule has 0 radical (unpaired) electrons. The molecule has 11 nitrogen and oxygen atoms in total. The third-order valence-corrected chi connectivity index (χ3v) is 14.0. The smallest absolute Gasteiger partial charge is 0.462 e. The van der Waals surface area contributed by atoms with Gasteiger partial charge in [0.2, 0.25) is 0 Å². The van der Waals surface area contributed by atoms with E-state index in [4.69, 9.17) is 23.3 Å². The molecular formula is C60H111O11P. The summed E-state index contributed by atoms with van der Waals surface area (Å²) in [5, 5.41) is 9.81. The summed E-state index contributed by atoms with van der Waals surface area (Å²) < 4.78 is 39.5. The molecule has 0 aromatic heterocycles. The number of hydrogen-bond donors (Lipinski definition) is 2. The number of phosphoric acid groups is 1. The maximum atomic E-state index is 12.9. The fraction of sp³-hybridized carbons (Fsp3) is 0.850. The van der Waals surface area contributed by atoms with Gasteiger partial charge in [0.25, 0.3) is 0 Å². The molecule has 0 aliphatic heterocycles. The summed E-state index contributed by atoms with van der Waals surface area (Å²) in [5.41, 5.74) is 0. The van der Waals surface area contributed by atoms with Crippen molar-refractivity contribution in [1.29, 1.82) is 0 Å². The van der Waals surface area contributed by atoms with E-state index < -0.39 is 57.8 Å². The topological polar surface area (TPSA) is 155 Å². The van der Waals surface area contributed by atoms with E-state index in [0.717, 1.165) is 103 Å². The number of ether oxygens (including phenoxy) is 3. The molecular weight excluding hydrogens is 928 g/mol. The quantitative estimate of drug-likeness (QED) is 0.0197. The van der Waals surface area contributed by atoms with E-state index >= 15 is 0 Å². The summed E-state index contributed by atoms with van der Waals surface area (Å²) in [7, 11) is -4.75. The molecule has 0 aromatic rings. The highest BCUT2D eigenvalue weighted by Crippen LogP contribution is 2.43. The van der Waals surface area contributed by atoms with Gasteiger partial charge in [-0.1, -0.05) is 237 Å². The lowest BCUT2D eigenvalue weighted by atomic mass is 10.0. The molecule has 422 valence electrons. The summed E-state index contributed by atoms with van der Waals surface area (Å²) in [6.45, 7) is 4.60. The molecule has 0 amide bonds. The van der Waals surface area contributed by atoms with Crippen molar-refractivity contribution in [2.45, 2.75) is 303 Å². The highest BCUT2D eigenvalue weighted by atomic mass is 31.2. The molecule has 2 N–H and O–H groups in total. The number of carbonyl (C=O) groups is 3. The van der Waals surface area contributed by atoms with Crippen molar-refractivity contribution in [1.82, 2.24) is 0 Å². The number of allylic oxidation sites excluding steroid dienone is 6. The van der Waals surface area contributed by atoms with Crippen LogP contribution in [0.2, 0.25) is 0 Å². The molecule has 0 heterocycles. The van der Waals surface area contributed by atoms with Crippen LogP contribution in [0.15, 0.2) is 36.5 Å². The first-order valence-corrected chi connectivity index (χ1v) is 31.4.